The van der Waals surface area contributed by atoms with Crippen LogP contribution in [0.5, 0.6) is 0 Å². The van der Waals surface area contributed by atoms with Crippen LogP contribution in [0.1, 0.15) is 39.2 Å². The molecule has 18 heavy (non-hydrogen) atoms. The van der Waals surface area contributed by atoms with Crippen LogP contribution in [-0.4, -0.2) is 11.5 Å². The lowest BCUT2D eigenvalue weighted by molar-refractivity contribution is -0.148. The van der Waals surface area contributed by atoms with Gasteiger partial charge in [0.2, 0.25) is 0 Å². The normalized spacial score (nSPS) is 17.3. The van der Waals surface area contributed by atoms with Gasteiger partial charge in [-0.1, -0.05) is 23.7 Å². The van der Waals surface area contributed by atoms with Gasteiger partial charge < -0.3 is 0 Å². The molecule has 1 aromatic rings. The average Bonchev–Trinajstić information content (AvgIpc) is 3.07. The lowest BCUT2D eigenvalue weighted by Gasteiger charge is -2.22. The maximum atomic E-state index is 12.2. The van der Waals surface area contributed by atoms with E-state index in [1.54, 1.807) is 0 Å². The van der Waals surface area contributed by atoms with Gasteiger partial charge in [0.25, 0.3) is 5.91 Å². The minimum atomic E-state index is -0.421. The van der Waals surface area contributed by atoms with Gasteiger partial charge in [0.05, 0.1) is 11.0 Å². The SMILES string of the molecule is CC(C)(C)ONC(=O)C1(c2ccc(Cl)cc2)CC1. The molecular formula is C14H18ClNO2. The van der Waals surface area contributed by atoms with E-state index in [2.05, 4.69) is 5.48 Å². The van der Waals surface area contributed by atoms with Crippen molar-refractivity contribution >= 4 is 17.5 Å². The van der Waals surface area contributed by atoms with Crippen molar-refractivity contribution in [2.24, 2.45) is 0 Å². The van der Waals surface area contributed by atoms with Crippen molar-refractivity contribution in [3.05, 3.63) is 34.9 Å². The quantitative estimate of drug-likeness (QED) is 0.854. The molecular weight excluding hydrogens is 250 g/mol. The molecule has 98 valence electrons. The van der Waals surface area contributed by atoms with Gasteiger partial charge in [-0.25, -0.2) is 5.48 Å². The molecule has 2 rings (SSSR count). The fourth-order valence-corrected chi connectivity index (χ4v) is 1.96. The molecule has 1 aromatic carbocycles. The first-order chi connectivity index (χ1) is 8.33. The van der Waals surface area contributed by atoms with E-state index >= 15 is 0 Å². The molecule has 0 saturated heterocycles. The van der Waals surface area contributed by atoms with Crippen molar-refractivity contribution in [1.29, 1.82) is 0 Å². The van der Waals surface area contributed by atoms with Crippen LogP contribution in [0, 0.1) is 0 Å². The zero-order valence-corrected chi connectivity index (χ0v) is 11.7. The molecule has 1 saturated carbocycles. The fourth-order valence-electron chi connectivity index (χ4n) is 1.84. The molecule has 1 amide bonds. The van der Waals surface area contributed by atoms with Gasteiger partial charge in [0.1, 0.15) is 0 Å². The average molecular weight is 268 g/mol. The molecule has 3 nitrogen and oxygen atoms in total. The summed E-state index contributed by atoms with van der Waals surface area (Å²) < 4.78 is 0. The molecule has 4 heteroatoms. The molecule has 1 aliphatic carbocycles. The predicted octanol–water partition coefficient (Wildman–Crippen LogP) is 3.22. The summed E-state index contributed by atoms with van der Waals surface area (Å²) in [5.41, 5.74) is 2.76. The molecule has 0 aliphatic heterocycles. The molecule has 1 N–H and O–H groups in total. The minimum Gasteiger partial charge on any atom is -0.272 e. The molecule has 0 atom stereocenters. The molecule has 0 spiro atoms. The van der Waals surface area contributed by atoms with Crippen LogP contribution in [0.3, 0.4) is 0 Å². The van der Waals surface area contributed by atoms with Crippen molar-refractivity contribution in [1.82, 2.24) is 5.48 Å². The number of nitrogens with one attached hydrogen (secondary N) is 1. The highest BCUT2D eigenvalue weighted by molar-refractivity contribution is 6.30. The summed E-state index contributed by atoms with van der Waals surface area (Å²) in [6.07, 6.45) is 1.71. The number of carbonyl (C=O) groups excluding carboxylic acids is 1. The number of hydroxylamine groups is 1. The van der Waals surface area contributed by atoms with Crippen molar-refractivity contribution in [2.75, 3.05) is 0 Å². The van der Waals surface area contributed by atoms with Crippen LogP contribution >= 0.6 is 11.6 Å². The third kappa shape index (κ3) is 2.85. The second-order valence-corrected chi connectivity index (χ2v) is 6.17. The largest absolute Gasteiger partial charge is 0.272 e. The van der Waals surface area contributed by atoms with E-state index in [-0.39, 0.29) is 11.5 Å². The smallest absolute Gasteiger partial charge is 0.254 e. The Morgan fingerprint density at radius 3 is 2.28 bits per heavy atom. The van der Waals surface area contributed by atoms with Gasteiger partial charge in [-0.05, 0) is 51.3 Å². The molecule has 0 radical (unpaired) electrons. The predicted molar refractivity (Wildman–Crippen MR) is 71.3 cm³/mol. The second kappa shape index (κ2) is 4.56. The summed E-state index contributed by atoms with van der Waals surface area (Å²) in [5.74, 6) is -0.0697. The minimum absolute atomic E-state index is 0.0697. The first-order valence-electron chi connectivity index (χ1n) is 6.08. The van der Waals surface area contributed by atoms with Crippen molar-refractivity contribution in [2.45, 2.75) is 44.6 Å². The van der Waals surface area contributed by atoms with E-state index in [9.17, 15) is 4.79 Å². The third-order valence-corrected chi connectivity index (χ3v) is 3.28. The topological polar surface area (TPSA) is 38.3 Å². The third-order valence-electron chi connectivity index (χ3n) is 3.03. The van der Waals surface area contributed by atoms with Crippen molar-refractivity contribution in [3.63, 3.8) is 0 Å². The highest BCUT2D eigenvalue weighted by Crippen LogP contribution is 2.48. The summed E-state index contributed by atoms with van der Waals surface area (Å²) in [6, 6.07) is 7.45. The van der Waals surface area contributed by atoms with Crippen LogP contribution in [0.25, 0.3) is 0 Å². The maximum Gasteiger partial charge on any atom is 0.254 e. The standard InChI is InChI=1S/C14H18ClNO2/c1-13(2,3)18-16-12(17)14(8-9-14)10-4-6-11(15)7-5-10/h4-7H,8-9H2,1-3H3,(H,16,17). The molecule has 1 fully saturated rings. The Morgan fingerprint density at radius 1 is 1.28 bits per heavy atom. The number of rotatable bonds is 3. The molecule has 0 heterocycles. The monoisotopic (exact) mass is 267 g/mol. The zero-order chi connectivity index (χ0) is 13.4. The Kier molecular flexibility index (Phi) is 3.39. The van der Waals surface area contributed by atoms with E-state index in [0.29, 0.717) is 5.02 Å². The fraction of sp³-hybridized carbons (Fsp3) is 0.500. The van der Waals surface area contributed by atoms with E-state index < -0.39 is 5.41 Å². The summed E-state index contributed by atoms with van der Waals surface area (Å²) >= 11 is 5.86. The van der Waals surface area contributed by atoms with Gasteiger partial charge in [-0.2, -0.15) is 0 Å². The lowest BCUT2D eigenvalue weighted by atomic mass is 9.95. The number of amides is 1. The highest BCUT2D eigenvalue weighted by atomic mass is 35.5. The number of benzene rings is 1. The van der Waals surface area contributed by atoms with Gasteiger partial charge in [-0.3, -0.25) is 9.63 Å². The zero-order valence-electron chi connectivity index (χ0n) is 10.9. The molecule has 1 aliphatic rings. The summed E-state index contributed by atoms with van der Waals surface area (Å²) in [7, 11) is 0. The van der Waals surface area contributed by atoms with Crippen molar-refractivity contribution in [3.8, 4) is 0 Å². The number of hydrogen-bond acceptors (Lipinski definition) is 2. The van der Waals surface area contributed by atoms with Crippen LogP contribution in [-0.2, 0) is 15.0 Å². The van der Waals surface area contributed by atoms with Gasteiger partial charge in [0.15, 0.2) is 0 Å². The Balaban J connectivity index is 2.07. The first kappa shape index (κ1) is 13.4. The van der Waals surface area contributed by atoms with Gasteiger partial charge >= 0.3 is 0 Å². The van der Waals surface area contributed by atoms with E-state index in [0.717, 1.165) is 18.4 Å². The number of halogens is 1. The van der Waals surface area contributed by atoms with E-state index in [4.69, 9.17) is 16.4 Å². The number of hydrogen-bond donors (Lipinski definition) is 1. The van der Waals surface area contributed by atoms with Crippen LogP contribution < -0.4 is 5.48 Å². The second-order valence-electron chi connectivity index (χ2n) is 5.73. The van der Waals surface area contributed by atoms with E-state index in [1.165, 1.54) is 0 Å². The molecule has 0 bridgehead atoms. The van der Waals surface area contributed by atoms with Gasteiger partial charge in [-0.15, -0.1) is 0 Å². The van der Waals surface area contributed by atoms with E-state index in [1.807, 2.05) is 45.0 Å². The first-order valence-corrected chi connectivity index (χ1v) is 6.46. The summed E-state index contributed by atoms with van der Waals surface area (Å²) in [5, 5.41) is 0.681. The summed E-state index contributed by atoms with van der Waals surface area (Å²) in [6.45, 7) is 5.69. The van der Waals surface area contributed by atoms with Crippen LogP contribution in [0.4, 0.5) is 0 Å². The van der Waals surface area contributed by atoms with Crippen molar-refractivity contribution < 1.29 is 9.63 Å². The molecule has 0 aromatic heterocycles. The maximum absolute atomic E-state index is 12.2. The van der Waals surface area contributed by atoms with Gasteiger partial charge in [0, 0.05) is 5.02 Å². The Hall–Kier alpha value is -1.06. The van der Waals surface area contributed by atoms with Crippen LogP contribution in [0.15, 0.2) is 24.3 Å². The highest BCUT2D eigenvalue weighted by Gasteiger charge is 2.51. The Bertz CT molecular complexity index is 444. The Labute approximate surface area is 112 Å². The lowest BCUT2D eigenvalue weighted by Crippen LogP contribution is -2.39. The molecule has 0 unspecified atom stereocenters. The summed E-state index contributed by atoms with van der Waals surface area (Å²) in [4.78, 5) is 17.5. The Morgan fingerprint density at radius 2 is 1.83 bits per heavy atom. The number of carbonyl (C=O) groups is 1. The van der Waals surface area contributed by atoms with Crippen LogP contribution in [0.2, 0.25) is 5.02 Å².